The summed E-state index contributed by atoms with van der Waals surface area (Å²) in [5, 5.41) is 0. The smallest absolute Gasteiger partial charge is 0.243 e. The van der Waals surface area contributed by atoms with Crippen molar-refractivity contribution in [2.24, 2.45) is 0 Å². The summed E-state index contributed by atoms with van der Waals surface area (Å²) < 4.78 is 27.5. The molecule has 2 rings (SSSR count). The third-order valence-electron chi connectivity index (χ3n) is 3.22. The van der Waals surface area contributed by atoms with Crippen LogP contribution in [0.15, 0.2) is 27.6 Å². The molecule has 0 amide bonds. The summed E-state index contributed by atoms with van der Waals surface area (Å²) in [5.74, 6) is 0. The van der Waals surface area contributed by atoms with Crippen LogP contribution in [0.1, 0.15) is 5.56 Å². The predicted molar refractivity (Wildman–Crippen MR) is 75.1 cm³/mol. The van der Waals surface area contributed by atoms with Crippen LogP contribution in [0.5, 0.6) is 0 Å². The molecule has 100 valence electrons. The number of aryl methyl sites for hydroxylation is 1. The standard InChI is InChI=1S/C12H17BrN2O2S/c1-10-9-11(13)3-4-12(10)18(16,17)15-7-5-14(2)6-8-15/h3-4,9H,5-8H2,1-2H3. The summed E-state index contributed by atoms with van der Waals surface area (Å²) in [4.78, 5) is 2.55. The van der Waals surface area contributed by atoms with E-state index in [9.17, 15) is 8.42 Å². The largest absolute Gasteiger partial charge is 0.304 e. The Morgan fingerprint density at radius 2 is 1.78 bits per heavy atom. The minimum Gasteiger partial charge on any atom is -0.304 e. The lowest BCUT2D eigenvalue weighted by Crippen LogP contribution is -2.47. The fraction of sp³-hybridized carbons (Fsp3) is 0.500. The summed E-state index contributed by atoms with van der Waals surface area (Å²) in [6.07, 6.45) is 0. The zero-order valence-electron chi connectivity index (χ0n) is 10.6. The molecule has 6 heteroatoms. The molecule has 1 heterocycles. The van der Waals surface area contributed by atoms with Crippen molar-refractivity contribution in [3.63, 3.8) is 0 Å². The Kier molecular flexibility index (Phi) is 4.11. The molecule has 1 aliphatic rings. The number of sulfonamides is 1. The Morgan fingerprint density at radius 1 is 1.17 bits per heavy atom. The average molecular weight is 333 g/mol. The zero-order valence-corrected chi connectivity index (χ0v) is 13.0. The quantitative estimate of drug-likeness (QED) is 0.827. The molecule has 0 unspecified atom stereocenters. The Morgan fingerprint density at radius 3 is 2.33 bits per heavy atom. The Balaban J connectivity index is 2.30. The molecule has 1 saturated heterocycles. The molecule has 0 saturated carbocycles. The number of hydrogen-bond acceptors (Lipinski definition) is 3. The number of piperazine rings is 1. The van der Waals surface area contributed by atoms with Gasteiger partial charge in [0.1, 0.15) is 0 Å². The Bertz CT molecular complexity index is 537. The fourth-order valence-corrected chi connectivity index (χ4v) is 4.17. The van der Waals surface area contributed by atoms with Gasteiger partial charge < -0.3 is 4.90 Å². The van der Waals surface area contributed by atoms with Crippen LogP contribution in [-0.2, 0) is 10.0 Å². The molecule has 1 aliphatic heterocycles. The van der Waals surface area contributed by atoms with Gasteiger partial charge in [-0.25, -0.2) is 8.42 Å². The third-order valence-corrected chi connectivity index (χ3v) is 5.77. The lowest BCUT2D eigenvalue weighted by Gasteiger charge is -2.31. The van der Waals surface area contributed by atoms with E-state index in [4.69, 9.17) is 0 Å². The van der Waals surface area contributed by atoms with Gasteiger partial charge in [-0.3, -0.25) is 0 Å². The molecule has 1 aromatic rings. The van der Waals surface area contributed by atoms with E-state index in [-0.39, 0.29) is 0 Å². The van der Waals surface area contributed by atoms with Crippen LogP contribution in [0.3, 0.4) is 0 Å². The number of nitrogens with zero attached hydrogens (tertiary/aromatic N) is 2. The highest BCUT2D eigenvalue weighted by atomic mass is 79.9. The first kappa shape index (κ1) is 14.0. The van der Waals surface area contributed by atoms with Crippen molar-refractivity contribution in [2.45, 2.75) is 11.8 Å². The summed E-state index contributed by atoms with van der Waals surface area (Å²) in [6, 6.07) is 5.28. The van der Waals surface area contributed by atoms with Crippen molar-refractivity contribution in [1.29, 1.82) is 0 Å². The number of hydrogen-bond donors (Lipinski definition) is 0. The molecule has 0 spiro atoms. The van der Waals surface area contributed by atoms with Crippen molar-refractivity contribution in [2.75, 3.05) is 33.2 Å². The van der Waals surface area contributed by atoms with Crippen LogP contribution < -0.4 is 0 Å². The van der Waals surface area contributed by atoms with E-state index in [0.717, 1.165) is 23.1 Å². The minimum absolute atomic E-state index is 0.412. The van der Waals surface area contributed by atoms with Gasteiger partial charge in [0.05, 0.1) is 4.90 Å². The summed E-state index contributed by atoms with van der Waals surface area (Å²) in [5.41, 5.74) is 0.781. The zero-order chi connectivity index (χ0) is 13.3. The molecule has 0 bridgehead atoms. The molecular weight excluding hydrogens is 316 g/mol. The monoisotopic (exact) mass is 332 g/mol. The van der Waals surface area contributed by atoms with E-state index in [2.05, 4.69) is 20.8 Å². The maximum absolute atomic E-state index is 12.5. The third kappa shape index (κ3) is 2.77. The highest BCUT2D eigenvalue weighted by Crippen LogP contribution is 2.23. The van der Waals surface area contributed by atoms with Crippen LogP contribution in [0, 0.1) is 6.92 Å². The van der Waals surface area contributed by atoms with E-state index >= 15 is 0 Å². The van der Waals surface area contributed by atoms with Crippen molar-refractivity contribution in [1.82, 2.24) is 9.21 Å². The number of halogens is 1. The van der Waals surface area contributed by atoms with Crippen LogP contribution in [0.25, 0.3) is 0 Å². The highest BCUT2D eigenvalue weighted by Gasteiger charge is 2.28. The molecule has 0 aromatic heterocycles. The number of benzene rings is 1. The van der Waals surface area contributed by atoms with Gasteiger partial charge in [0.25, 0.3) is 0 Å². The SMILES string of the molecule is Cc1cc(Br)ccc1S(=O)(=O)N1CCN(C)CC1. The first-order valence-corrected chi connectivity index (χ1v) is 8.09. The molecule has 0 radical (unpaired) electrons. The molecule has 0 N–H and O–H groups in total. The van der Waals surface area contributed by atoms with Gasteiger partial charge >= 0.3 is 0 Å². The topological polar surface area (TPSA) is 40.6 Å². The Hall–Kier alpha value is -0.430. The molecular formula is C12H17BrN2O2S. The van der Waals surface area contributed by atoms with E-state index in [1.807, 2.05) is 20.0 Å². The van der Waals surface area contributed by atoms with Crippen molar-refractivity contribution < 1.29 is 8.42 Å². The first-order chi connectivity index (χ1) is 8.41. The van der Waals surface area contributed by atoms with E-state index in [1.165, 1.54) is 0 Å². The van der Waals surface area contributed by atoms with Gasteiger partial charge in [-0.1, -0.05) is 15.9 Å². The fourth-order valence-electron chi connectivity index (χ4n) is 2.07. The van der Waals surface area contributed by atoms with Crippen LogP contribution in [0.4, 0.5) is 0 Å². The van der Waals surface area contributed by atoms with Crippen LogP contribution >= 0.6 is 15.9 Å². The normalized spacial score (nSPS) is 19.1. The van der Waals surface area contributed by atoms with Gasteiger partial charge in [0.2, 0.25) is 10.0 Å². The molecule has 4 nitrogen and oxygen atoms in total. The lowest BCUT2D eigenvalue weighted by atomic mass is 10.2. The van der Waals surface area contributed by atoms with Crippen molar-refractivity contribution >= 4 is 26.0 Å². The second-order valence-electron chi connectivity index (χ2n) is 4.62. The van der Waals surface area contributed by atoms with Gasteiger partial charge in [0, 0.05) is 30.7 Å². The molecule has 1 aromatic carbocycles. The summed E-state index contributed by atoms with van der Waals surface area (Å²) >= 11 is 3.35. The average Bonchev–Trinajstić information content (AvgIpc) is 2.29. The maximum Gasteiger partial charge on any atom is 0.243 e. The van der Waals surface area contributed by atoms with E-state index < -0.39 is 10.0 Å². The van der Waals surface area contributed by atoms with E-state index in [0.29, 0.717) is 18.0 Å². The molecule has 0 aliphatic carbocycles. The predicted octanol–water partition coefficient (Wildman–Crippen LogP) is 1.69. The first-order valence-electron chi connectivity index (χ1n) is 5.86. The molecule has 0 atom stereocenters. The van der Waals surface area contributed by atoms with Gasteiger partial charge in [0.15, 0.2) is 0 Å². The lowest BCUT2D eigenvalue weighted by molar-refractivity contribution is 0.222. The molecule has 18 heavy (non-hydrogen) atoms. The Labute approximate surface area is 117 Å². The van der Waals surface area contributed by atoms with Gasteiger partial charge in [-0.15, -0.1) is 0 Å². The highest BCUT2D eigenvalue weighted by molar-refractivity contribution is 9.10. The van der Waals surface area contributed by atoms with Crippen LogP contribution in [0.2, 0.25) is 0 Å². The van der Waals surface area contributed by atoms with Gasteiger partial charge in [-0.05, 0) is 37.7 Å². The minimum atomic E-state index is -3.35. The molecule has 1 fully saturated rings. The van der Waals surface area contributed by atoms with Crippen molar-refractivity contribution in [3.8, 4) is 0 Å². The van der Waals surface area contributed by atoms with Gasteiger partial charge in [-0.2, -0.15) is 4.31 Å². The van der Waals surface area contributed by atoms with Crippen LogP contribution in [-0.4, -0.2) is 50.8 Å². The summed E-state index contributed by atoms with van der Waals surface area (Å²) in [6.45, 7) is 4.53. The number of likely N-dealkylation sites (N-methyl/N-ethyl adjacent to an activating group) is 1. The van der Waals surface area contributed by atoms with Crippen molar-refractivity contribution in [3.05, 3.63) is 28.2 Å². The summed E-state index contributed by atoms with van der Waals surface area (Å²) in [7, 11) is -1.34. The number of rotatable bonds is 2. The van der Waals surface area contributed by atoms with E-state index in [1.54, 1.807) is 16.4 Å². The second kappa shape index (κ2) is 5.28. The second-order valence-corrected chi connectivity index (χ2v) is 7.44. The maximum atomic E-state index is 12.5.